The minimum atomic E-state index is -0.257. The lowest BCUT2D eigenvalue weighted by Crippen LogP contribution is -2.30. The molecule has 7 heteroatoms. The minimum absolute atomic E-state index is 0.0405. The fourth-order valence-corrected chi connectivity index (χ4v) is 3.14. The number of rotatable bonds is 4. The molecule has 1 aromatic heterocycles. The Morgan fingerprint density at radius 2 is 2.27 bits per heavy atom. The van der Waals surface area contributed by atoms with Crippen LogP contribution in [-0.4, -0.2) is 27.3 Å². The topological polar surface area (TPSA) is 71.9 Å². The van der Waals surface area contributed by atoms with E-state index in [4.69, 9.17) is 17.0 Å². The van der Waals surface area contributed by atoms with E-state index in [2.05, 4.69) is 15.5 Å². The van der Waals surface area contributed by atoms with Gasteiger partial charge in [-0.1, -0.05) is 18.2 Å². The van der Waals surface area contributed by atoms with E-state index in [0.29, 0.717) is 24.0 Å². The van der Waals surface area contributed by atoms with Crippen molar-refractivity contribution in [1.82, 2.24) is 20.1 Å². The highest BCUT2D eigenvalue weighted by molar-refractivity contribution is 7.71. The summed E-state index contributed by atoms with van der Waals surface area (Å²) in [7, 11) is 0. The first kappa shape index (κ1) is 13.5. The van der Waals surface area contributed by atoms with Crippen LogP contribution >= 0.6 is 12.2 Å². The first-order chi connectivity index (χ1) is 10.7. The van der Waals surface area contributed by atoms with Gasteiger partial charge in [0.1, 0.15) is 18.3 Å². The molecule has 1 saturated carbocycles. The monoisotopic (exact) mass is 316 g/mol. The van der Waals surface area contributed by atoms with Gasteiger partial charge in [0.05, 0.1) is 6.54 Å². The van der Waals surface area contributed by atoms with Gasteiger partial charge < -0.3 is 10.1 Å². The molecule has 1 fully saturated rings. The van der Waals surface area contributed by atoms with E-state index in [1.54, 1.807) is 0 Å². The van der Waals surface area contributed by atoms with E-state index in [1.807, 2.05) is 28.8 Å². The quantitative estimate of drug-likeness (QED) is 0.847. The molecule has 4 rings (SSSR count). The van der Waals surface area contributed by atoms with Crippen molar-refractivity contribution in [1.29, 1.82) is 0 Å². The fourth-order valence-electron chi connectivity index (χ4n) is 2.84. The summed E-state index contributed by atoms with van der Waals surface area (Å²) < 4.78 is 8.19. The van der Waals surface area contributed by atoms with Gasteiger partial charge in [0.2, 0.25) is 5.91 Å². The van der Waals surface area contributed by atoms with Crippen molar-refractivity contribution in [3.63, 3.8) is 0 Å². The molecule has 114 valence electrons. The van der Waals surface area contributed by atoms with E-state index in [9.17, 15) is 4.79 Å². The number of carbonyl (C=O) groups excluding carboxylic acids is 1. The number of benzene rings is 1. The minimum Gasteiger partial charge on any atom is -0.492 e. The fraction of sp³-hybridized carbons (Fsp3) is 0.400. The maximum atomic E-state index is 12.4. The highest BCUT2D eigenvalue weighted by Gasteiger charge is 2.31. The van der Waals surface area contributed by atoms with Gasteiger partial charge in [0.15, 0.2) is 10.6 Å². The lowest BCUT2D eigenvalue weighted by atomic mass is 10.0. The summed E-state index contributed by atoms with van der Waals surface area (Å²) in [6.45, 7) is 0.766. The number of amides is 1. The largest absolute Gasteiger partial charge is 0.492 e. The number of hydrogen-bond acceptors (Lipinski definition) is 4. The predicted molar refractivity (Wildman–Crippen MR) is 82.2 cm³/mol. The Kier molecular flexibility index (Phi) is 3.22. The molecule has 2 aromatic rings. The van der Waals surface area contributed by atoms with E-state index >= 15 is 0 Å². The molecule has 1 aliphatic carbocycles. The summed E-state index contributed by atoms with van der Waals surface area (Å²) in [4.78, 5) is 12.4. The SMILES string of the molecule is O=C(NCc1n[nH]c(=S)n1C1CC1)[C@@H]1COc2ccccc21. The van der Waals surface area contributed by atoms with Crippen LogP contribution in [-0.2, 0) is 11.3 Å². The molecule has 2 heterocycles. The number of H-pyrrole nitrogens is 1. The van der Waals surface area contributed by atoms with Crippen LogP contribution in [0.25, 0.3) is 0 Å². The van der Waals surface area contributed by atoms with Crippen LogP contribution in [0.3, 0.4) is 0 Å². The van der Waals surface area contributed by atoms with Crippen molar-refractivity contribution in [2.75, 3.05) is 6.61 Å². The van der Waals surface area contributed by atoms with Crippen molar-refractivity contribution >= 4 is 18.1 Å². The molecule has 1 aliphatic heterocycles. The molecule has 6 nitrogen and oxygen atoms in total. The van der Waals surface area contributed by atoms with E-state index in [0.717, 1.165) is 30.0 Å². The van der Waals surface area contributed by atoms with Gasteiger partial charge in [-0.25, -0.2) is 0 Å². The number of nitrogens with one attached hydrogen (secondary N) is 2. The Balaban J connectivity index is 1.47. The van der Waals surface area contributed by atoms with Crippen LogP contribution in [0.15, 0.2) is 24.3 Å². The summed E-state index contributed by atoms with van der Waals surface area (Å²) in [5, 5.41) is 9.98. The highest BCUT2D eigenvalue weighted by Crippen LogP contribution is 2.36. The molecule has 1 aromatic carbocycles. The maximum Gasteiger partial charge on any atom is 0.231 e. The Morgan fingerprint density at radius 3 is 3.09 bits per heavy atom. The molecule has 0 unspecified atom stereocenters. The van der Waals surface area contributed by atoms with Crippen molar-refractivity contribution < 1.29 is 9.53 Å². The average molecular weight is 316 g/mol. The van der Waals surface area contributed by atoms with E-state index in [-0.39, 0.29) is 11.8 Å². The molecule has 0 radical (unpaired) electrons. The van der Waals surface area contributed by atoms with E-state index in [1.165, 1.54) is 0 Å². The van der Waals surface area contributed by atoms with Gasteiger partial charge in [-0.05, 0) is 31.1 Å². The molecule has 2 aliphatic rings. The zero-order valence-electron chi connectivity index (χ0n) is 11.9. The Labute approximate surface area is 132 Å². The molecular weight excluding hydrogens is 300 g/mol. The summed E-state index contributed by atoms with van der Waals surface area (Å²) in [5.41, 5.74) is 0.945. The number of hydrogen-bond donors (Lipinski definition) is 2. The zero-order valence-corrected chi connectivity index (χ0v) is 12.7. The lowest BCUT2D eigenvalue weighted by Gasteiger charge is -2.10. The van der Waals surface area contributed by atoms with Crippen LogP contribution < -0.4 is 10.1 Å². The second-order valence-corrected chi connectivity index (χ2v) is 6.05. The third-order valence-electron chi connectivity index (χ3n) is 4.13. The lowest BCUT2D eigenvalue weighted by molar-refractivity contribution is -0.122. The van der Waals surface area contributed by atoms with E-state index < -0.39 is 0 Å². The van der Waals surface area contributed by atoms with Crippen molar-refractivity contribution in [3.8, 4) is 5.75 Å². The molecule has 22 heavy (non-hydrogen) atoms. The molecule has 0 saturated heterocycles. The summed E-state index contributed by atoms with van der Waals surface area (Å²) >= 11 is 5.24. The van der Waals surface area contributed by atoms with Crippen LogP contribution in [0.2, 0.25) is 0 Å². The standard InChI is InChI=1S/C15H16N4O2S/c20-14(11-8-21-12-4-2-1-3-10(11)12)16-7-13-17-18-15(22)19(13)9-5-6-9/h1-4,9,11H,5-8H2,(H,16,20)(H,18,22)/t11-/m1/s1. The van der Waals surface area contributed by atoms with Crippen LogP contribution in [0.5, 0.6) is 5.75 Å². The third-order valence-corrected chi connectivity index (χ3v) is 4.41. The molecule has 2 N–H and O–H groups in total. The number of fused-ring (bicyclic) bond motifs is 1. The average Bonchev–Trinajstić information content (AvgIpc) is 3.16. The van der Waals surface area contributed by atoms with Gasteiger partial charge in [-0.15, -0.1) is 0 Å². The molecular formula is C15H16N4O2S. The number of ether oxygens (including phenoxy) is 1. The summed E-state index contributed by atoms with van der Waals surface area (Å²) in [6.07, 6.45) is 2.25. The van der Waals surface area contributed by atoms with Crippen molar-refractivity contribution in [2.24, 2.45) is 0 Å². The summed E-state index contributed by atoms with van der Waals surface area (Å²) in [5.74, 6) is 1.28. The maximum absolute atomic E-state index is 12.4. The number of para-hydroxylation sites is 1. The second kappa shape index (κ2) is 5.24. The van der Waals surface area contributed by atoms with Gasteiger partial charge in [-0.2, -0.15) is 5.10 Å². The Morgan fingerprint density at radius 1 is 1.45 bits per heavy atom. The Bertz CT molecular complexity index is 778. The zero-order chi connectivity index (χ0) is 15.1. The number of nitrogens with zero attached hydrogens (tertiary/aromatic N) is 2. The third kappa shape index (κ3) is 2.31. The summed E-state index contributed by atoms with van der Waals surface area (Å²) in [6, 6.07) is 8.10. The number of carbonyl (C=O) groups is 1. The van der Waals surface area contributed by atoms with Crippen molar-refractivity contribution in [3.05, 3.63) is 40.4 Å². The molecule has 0 spiro atoms. The second-order valence-electron chi connectivity index (χ2n) is 5.67. The Hall–Kier alpha value is -2.15. The van der Waals surface area contributed by atoms with Gasteiger partial charge in [0, 0.05) is 11.6 Å². The van der Waals surface area contributed by atoms with Crippen LogP contribution in [0.1, 0.15) is 36.2 Å². The molecule has 1 amide bonds. The highest BCUT2D eigenvalue weighted by atomic mass is 32.1. The normalized spacial score (nSPS) is 19.5. The van der Waals surface area contributed by atoms with Gasteiger partial charge >= 0.3 is 0 Å². The van der Waals surface area contributed by atoms with Crippen LogP contribution in [0.4, 0.5) is 0 Å². The number of aromatic amines is 1. The first-order valence-electron chi connectivity index (χ1n) is 7.39. The first-order valence-corrected chi connectivity index (χ1v) is 7.80. The molecule has 1 atom stereocenters. The predicted octanol–water partition coefficient (Wildman–Crippen LogP) is 2.07. The smallest absolute Gasteiger partial charge is 0.231 e. The van der Waals surface area contributed by atoms with Crippen LogP contribution in [0, 0.1) is 4.77 Å². The van der Waals surface area contributed by atoms with Crippen molar-refractivity contribution in [2.45, 2.75) is 31.3 Å². The van der Waals surface area contributed by atoms with Gasteiger partial charge in [-0.3, -0.25) is 14.5 Å². The molecule has 0 bridgehead atoms. The van der Waals surface area contributed by atoms with Gasteiger partial charge in [0.25, 0.3) is 0 Å². The number of aromatic nitrogens is 3.